The van der Waals surface area contributed by atoms with Crippen LogP contribution in [0.5, 0.6) is 0 Å². The van der Waals surface area contributed by atoms with E-state index in [1.165, 1.54) is 0 Å². The average Bonchev–Trinajstić information content (AvgIpc) is 2.81. The topological polar surface area (TPSA) is 77.0 Å². The molecular formula is C12H14Cl2N4O. The third kappa shape index (κ3) is 3.83. The number of hydrogen-bond donors (Lipinski definition) is 2. The Morgan fingerprint density at radius 3 is 2.79 bits per heavy atom. The van der Waals surface area contributed by atoms with Crippen molar-refractivity contribution in [1.82, 2.24) is 10.2 Å². The molecule has 1 unspecified atom stereocenters. The average molecular weight is 301 g/mol. The number of nitrogens with zero attached hydrogens (tertiary/aromatic N) is 2. The van der Waals surface area contributed by atoms with Crippen molar-refractivity contribution in [2.75, 3.05) is 11.9 Å². The highest BCUT2D eigenvalue weighted by molar-refractivity contribution is 6.35. The van der Waals surface area contributed by atoms with Crippen LogP contribution in [-0.2, 0) is 6.42 Å². The number of benzene rings is 1. The predicted octanol–water partition coefficient (Wildman–Crippen LogP) is 3.05. The molecule has 1 atom stereocenters. The smallest absolute Gasteiger partial charge is 0.315 e. The summed E-state index contributed by atoms with van der Waals surface area (Å²) in [4.78, 5) is 0. The van der Waals surface area contributed by atoms with Gasteiger partial charge >= 0.3 is 6.01 Å². The molecule has 0 saturated carbocycles. The van der Waals surface area contributed by atoms with Gasteiger partial charge in [0.25, 0.3) is 0 Å². The molecule has 5 nitrogen and oxygen atoms in total. The van der Waals surface area contributed by atoms with Crippen molar-refractivity contribution in [3.8, 4) is 0 Å². The highest BCUT2D eigenvalue weighted by Crippen LogP contribution is 2.21. The van der Waals surface area contributed by atoms with Crippen LogP contribution in [0.2, 0.25) is 10.0 Å². The van der Waals surface area contributed by atoms with E-state index in [0.29, 0.717) is 28.5 Å². The summed E-state index contributed by atoms with van der Waals surface area (Å²) in [5.41, 5.74) is 6.63. The SMILES string of the molecule is CC(N)c1nnc(NCCc2ccc(Cl)cc2Cl)o1. The second-order valence-corrected chi connectivity index (χ2v) is 4.99. The number of aromatic nitrogens is 2. The summed E-state index contributed by atoms with van der Waals surface area (Å²) in [6.45, 7) is 2.41. The number of nitrogens with one attached hydrogen (secondary N) is 1. The van der Waals surface area contributed by atoms with E-state index in [-0.39, 0.29) is 6.04 Å². The molecule has 0 spiro atoms. The van der Waals surface area contributed by atoms with Crippen molar-refractivity contribution in [1.29, 1.82) is 0 Å². The molecule has 1 aromatic carbocycles. The van der Waals surface area contributed by atoms with Gasteiger partial charge in [-0.15, -0.1) is 5.10 Å². The summed E-state index contributed by atoms with van der Waals surface area (Å²) >= 11 is 11.9. The summed E-state index contributed by atoms with van der Waals surface area (Å²) in [6.07, 6.45) is 0.728. The van der Waals surface area contributed by atoms with Crippen LogP contribution in [0.15, 0.2) is 22.6 Å². The number of anilines is 1. The van der Waals surface area contributed by atoms with E-state index in [0.717, 1.165) is 12.0 Å². The highest BCUT2D eigenvalue weighted by atomic mass is 35.5. The molecule has 0 radical (unpaired) electrons. The molecule has 7 heteroatoms. The van der Waals surface area contributed by atoms with Crippen LogP contribution >= 0.6 is 23.2 Å². The van der Waals surface area contributed by atoms with Crippen LogP contribution in [0, 0.1) is 0 Å². The first-order chi connectivity index (χ1) is 9.06. The quantitative estimate of drug-likeness (QED) is 0.887. The van der Waals surface area contributed by atoms with E-state index < -0.39 is 0 Å². The van der Waals surface area contributed by atoms with Gasteiger partial charge in [0.15, 0.2) is 0 Å². The molecule has 0 fully saturated rings. The van der Waals surface area contributed by atoms with Gasteiger partial charge in [0.2, 0.25) is 5.89 Å². The molecule has 0 aliphatic heterocycles. The third-order valence-electron chi connectivity index (χ3n) is 2.52. The summed E-state index contributed by atoms with van der Waals surface area (Å²) in [5.74, 6) is 0.409. The molecule has 19 heavy (non-hydrogen) atoms. The fourth-order valence-electron chi connectivity index (χ4n) is 1.52. The number of halogens is 2. The number of rotatable bonds is 5. The first-order valence-electron chi connectivity index (χ1n) is 5.83. The Balaban J connectivity index is 1.89. The Bertz CT molecular complexity index is 556. The first kappa shape index (κ1) is 14.1. The lowest BCUT2D eigenvalue weighted by Crippen LogP contribution is -2.06. The number of nitrogens with two attached hydrogens (primary N) is 1. The molecule has 1 heterocycles. The minimum atomic E-state index is -0.270. The van der Waals surface area contributed by atoms with E-state index in [2.05, 4.69) is 15.5 Å². The summed E-state index contributed by atoms with van der Waals surface area (Å²) in [6, 6.07) is 5.52. The minimum absolute atomic E-state index is 0.270. The van der Waals surface area contributed by atoms with Crippen molar-refractivity contribution in [2.24, 2.45) is 5.73 Å². The maximum Gasteiger partial charge on any atom is 0.315 e. The Morgan fingerprint density at radius 1 is 1.37 bits per heavy atom. The molecule has 102 valence electrons. The molecule has 0 aliphatic carbocycles. The van der Waals surface area contributed by atoms with Crippen molar-refractivity contribution in [3.63, 3.8) is 0 Å². The normalized spacial score (nSPS) is 12.4. The largest absolute Gasteiger partial charge is 0.406 e. The lowest BCUT2D eigenvalue weighted by atomic mass is 10.1. The van der Waals surface area contributed by atoms with Gasteiger partial charge in [-0.3, -0.25) is 0 Å². The summed E-state index contributed by atoms with van der Waals surface area (Å²) in [5, 5.41) is 12.0. The molecule has 0 saturated heterocycles. The zero-order valence-corrected chi connectivity index (χ0v) is 11.9. The first-order valence-corrected chi connectivity index (χ1v) is 6.58. The van der Waals surface area contributed by atoms with E-state index in [1.54, 1.807) is 13.0 Å². The minimum Gasteiger partial charge on any atom is -0.406 e. The van der Waals surface area contributed by atoms with Crippen LogP contribution in [0.3, 0.4) is 0 Å². The van der Waals surface area contributed by atoms with Crippen molar-refractivity contribution >= 4 is 29.2 Å². The molecule has 2 aromatic rings. The van der Waals surface area contributed by atoms with Crippen LogP contribution in [0.1, 0.15) is 24.4 Å². The monoisotopic (exact) mass is 300 g/mol. The molecule has 0 bridgehead atoms. The van der Waals surface area contributed by atoms with Gasteiger partial charge < -0.3 is 15.5 Å². The van der Waals surface area contributed by atoms with Crippen LogP contribution in [0.25, 0.3) is 0 Å². The molecule has 0 amide bonds. The zero-order valence-electron chi connectivity index (χ0n) is 10.4. The van der Waals surface area contributed by atoms with Gasteiger partial charge in [-0.1, -0.05) is 34.4 Å². The fraction of sp³-hybridized carbons (Fsp3) is 0.333. The Labute approximate surface area is 121 Å². The molecule has 2 rings (SSSR count). The second kappa shape index (κ2) is 6.23. The van der Waals surface area contributed by atoms with Crippen molar-refractivity contribution < 1.29 is 4.42 Å². The predicted molar refractivity (Wildman–Crippen MR) is 75.6 cm³/mol. The fourth-order valence-corrected chi connectivity index (χ4v) is 2.02. The van der Waals surface area contributed by atoms with Gasteiger partial charge in [0.05, 0.1) is 6.04 Å². The Morgan fingerprint density at radius 2 is 2.16 bits per heavy atom. The van der Waals surface area contributed by atoms with Gasteiger partial charge in [0.1, 0.15) is 0 Å². The van der Waals surface area contributed by atoms with Crippen LogP contribution in [0.4, 0.5) is 6.01 Å². The van der Waals surface area contributed by atoms with Gasteiger partial charge in [-0.25, -0.2) is 0 Å². The summed E-state index contributed by atoms with van der Waals surface area (Å²) in [7, 11) is 0. The summed E-state index contributed by atoms with van der Waals surface area (Å²) < 4.78 is 5.32. The highest BCUT2D eigenvalue weighted by Gasteiger charge is 2.09. The molecule has 3 N–H and O–H groups in total. The second-order valence-electron chi connectivity index (χ2n) is 4.15. The van der Waals surface area contributed by atoms with E-state index in [9.17, 15) is 0 Å². The maximum absolute atomic E-state index is 6.08. The zero-order chi connectivity index (χ0) is 13.8. The van der Waals surface area contributed by atoms with E-state index >= 15 is 0 Å². The molecule has 0 aliphatic rings. The van der Waals surface area contributed by atoms with Crippen LogP contribution in [-0.4, -0.2) is 16.7 Å². The Hall–Kier alpha value is -1.30. The van der Waals surface area contributed by atoms with Crippen LogP contribution < -0.4 is 11.1 Å². The van der Waals surface area contributed by atoms with Crippen molar-refractivity contribution in [3.05, 3.63) is 39.7 Å². The van der Waals surface area contributed by atoms with E-state index in [1.807, 2.05) is 12.1 Å². The maximum atomic E-state index is 6.08. The third-order valence-corrected chi connectivity index (χ3v) is 3.10. The van der Waals surface area contributed by atoms with Gasteiger partial charge in [0, 0.05) is 16.6 Å². The van der Waals surface area contributed by atoms with Crippen molar-refractivity contribution in [2.45, 2.75) is 19.4 Å². The lowest BCUT2D eigenvalue weighted by molar-refractivity contribution is 0.473. The number of hydrogen-bond acceptors (Lipinski definition) is 5. The van der Waals surface area contributed by atoms with Gasteiger partial charge in [-0.2, -0.15) is 0 Å². The lowest BCUT2D eigenvalue weighted by Gasteiger charge is -2.05. The van der Waals surface area contributed by atoms with E-state index in [4.69, 9.17) is 33.4 Å². The van der Waals surface area contributed by atoms with Gasteiger partial charge in [-0.05, 0) is 31.0 Å². The molecule has 1 aromatic heterocycles. The standard InChI is InChI=1S/C12H14Cl2N4O/c1-7(15)11-17-18-12(19-11)16-5-4-8-2-3-9(13)6-10(8)14/h2-3,6-7H,4-5,15H2,1H3,(H,16,18). The molecular weight excluding hydrogens is 287 g/mol. The Kier molecular flexibility index (Phi) is 4.63.